The molecule has 9 heteroatoms. The molecule has 0 aliphatic carbocycles. The Morgan fingerprint density at radius 1 is 1.03 bits per heavy atom. The van der Waals surface area contributed by atoms with Crippen LogP contribution in [0.2, 0.25) is 10.0 Å². The zero-order chi connectivity index (χ0) is 25.4. The molecule has 0 radical (unpaired) electrons. The maximum atomic E-state index is 14.0. The van der Waals surface area contributed by atoms with Gasteiger partial charge in [0.15, 0.2) is 0 Å². The van der Waals surface area contributed by atoms with E-state index in [4.69, 9.17) is 33.2 Å². The third kappa shape index (κ3) is 4.19. The van der Waals surface area contributed by atoms with E-state index in [1.165, 1.54) is 23.1 Å². The highest BCUT2D eigenvalue weighted by Gasteiger charge is 2.63. The summed E-state index contributed by atoms with van der Waals surface area (Å²) in [7, 11) is 0. The van der Waals surface area contributed by atoms with E-state index >= 15 is 0 Å². The zero-order valence-electron chi connectivity index (χ0n) is 18.9. The van der Waals surface area contributed by atoms with E-state index in [9.17, 15) is 14.4 Å². The second-order valence-electron chi connectivity index (χ2n) is 8.78. The Morgan fingerprint density at radius 2 is 1.69 bits per heavy atom. The number of nitrogens with zero attached hydrogens (tertiary/aromatic N) is 3. The highest BCUT2D eigenvalue weighted by Crippen LogP contribution is 2.44. The molecule has 0 spiro atoms. The fourth-order valence-electron chi connectivity index (χ4n) is 4.86. The van der Waals surface area contributed by atoms with Crippen molar-refractivity contribution in [2.24, 2.45) is 0 Å². The first-order valence-electron chi connectivity index (χ1n) is 11.2. The number of esters is 1. The van der Waals surface area contributed by atoms with Crippen LogP contribution in [0, 0.1) is 11.3 Å². The Balaban J connectivity index is 1.49. The third-order valence-electron chi connectivity index (χ3n) is 6.46. The van der Waals surface area contributed by atoms with Gasteiger partial charge in [-0.25, -0.2) is 14.5 Å². The molecule has 36 heavy (non-hydrogen) atoms. The van der Waals surface area contributed by atoms with E-state index in [1.807, 2.05) is 0 Å². The van der Waals surface area contributed by atoms with Crippen LogP contribution >= 0.6 is 23.2 Å². The smallest absolute Gasteiger partial charge is 0.338 e. The number of ether oxygens (including phenoxy) is 1. The lowest BCUT2D eigenvalue weighted by Gasteiger charge is -2.28. The predicted octanol–water partition coefficient (Wildman–Crippen LogP) is 5.24. The molecule has 0 bridgehead atoms. The summed E-state index contributed by atoms with van der Waals surface area (Å²) in [5, 5.41) is 9.71. The molecular weight excluding hydrogens is 501 g/mol. The van der Waals surface area contributed by atoms with Crippen LogP contribution in [0.3, 0.4) is 0 Å². The monoisotopic (exact) mass is 519 g/mol. The van der Waals surface area contributed by atoms with Crippen LogP contribution < -0.4 is 4.90 Å². The molecule has 0 saturated carbocycles. The summed E-state index contributed by atoms with van der Waals surface area (Å²) in [6.07, 6.45) is -0.358. The Hall–Kier alpha value is -3.86. The van der Waals surface area contributed by atoms with Gasteiger partial charge >= 0.3 is 12.0 Å². The highest BCUT2D eigenvalue weighted by molar-refractivity contribution is 6.35. The summed E-state index contributed by atoms with van der Waals surface area (Å²) in [6, 6.07) is 21.4. The average Bonchev–Trinajstić information content (AvgIpc) is 3.31. The summed E-state index contributed by atoms with van der Waals surface area (Å²) >= 11 is 12.3. The number of benzene rings is 3. The fraction of sp³-hybridized carbons (Fsp3) is 0.185. The van der Waals surface area contributed by atoms with Gasteiger partial charge in [0.2, 0.25) is 0 Å². The van der Waals surface area contributed by atoms with Gasteiger partial charge in [-0.2, -0.15) is 5.26 Å². The standard InChI is InChI=1S/C27H19Cl2N3O4/c28-20-10-21(29)12-22(11-20)32-25(34)27(13-17-6-8-18(15-30)9-7-17)14-23(16-31(27)26(32)35)36-24(33)19-4-2-1-3-5-19/h1-12,23H,13-14,16H2. The summed E-state index contributed by atoms with van der Waals surface area (Å²) in [4.78, 5) is 42.8. The quantitative estimate of drug-likeness (QED) is 0.339. The first-order valence-corrected chi connectivity index (χ1v) is 11.9. The highest BCUT2D eigenvalue weighted by atomic mass is 35.5. The predicted molar refractivity (Wildman–Crippen MR) is 134 cm³/mol. The van der Waals surface area contributed by atoms with Crippen LogP contribution in [0.25, 0.3) is 0 Å². The molecule has 2 aliphatic rings. The van der Waals surface area contributed by atoms with Gasteiger partial charge < -0.3 is 9.64 Å². The van der Waals surface area contributed by atoms with E-state index in [2.05, 4.69) is 6.07 Å². The number of hydrogen-bond acceptors (Lipinski definition) is 5. The lowest BCUT2D eigenvalue weighted by atomic mass is 9.87. The minimum Gasteiger partial charge on any atom is -0.457 e. The van der Waals surface area contributed by atoms with Crippen molar-refractivity contribution in [3.05, 3.63) is 99.5 Å². The topological polar surface area (TPSA) is 90.7 Å². The van der Waals surface area contributed by atoms with Crippen LogP contribution in [0.4, 0.5) is 10.5 Å². The lowest BCUT2D eigenvalue weighted by molar-refractivity contribution is -0.124. The van der Waals surface area contributed by atoms with Gasteiger partial charge in [-0.1, -0.05) is 53.5 Å². The van der Waals surface area contributed by atoms with Crippen LogP contribution in [-0.4, -0.2) is 41.0 Å². The number of carbonyl (C=O) groups excluding carboxylic acids is 3. The van der Waals surface area contributed by atoms with Crippen molar-refractivity contribution in [1.29, 1.82) is 5.26 Å². The molecule has 2 atom stereocenters. The number of rotatable bonds is 5. The van der Waals surface area contributed by atoms with Gasteiger partial charge in [0, 0.05) is 22.9 Å². The second-order valence-corrected chi connectivity index (χ2v) is 9.65. The van der Waals surface area contributed by atoms with Crippen molar-refractivity contribution in [2.75, 3.05) is 11.4 Å². The van der Waals surface area contributed by atoms with Gasteiger partial charge in [0.25, 0.3) is 5.91 Å². The fourth-order valence-corrected chi connectivity index (χ4v) is 5.37. The SMILES string of the molecule is N#Cc1ccc(CC23CC(OC(=O)c4ccccc4)CN2C(=O)N(c2cc(Cl)cc(Cl)c2)C3=O)cc1. The maximum absolute atomic E-state index is 14.0. The normalized spacial score (nSPS) is 20.9. The minimum atomic E-state index is -1.28. The number of imide groups is 1. The number of anilines is 1. The molecular formula is C27H19Cl2N3O4. The summed E-state index contributed by atoms with van der Waals surface area (Å²) in [5.41, 5.74) is 0.633. The van der Waals surface area contributed by atoms with E-state index < -0.39 is 29.6 Å². The largest absolute Gasteiger partial charge is 0.457 e. The molecule has 2 fully saturated rings. The molecule has 3 amide bonds. The second kappa shape index (κ2) is 9.30. The average molecular weight is 520 g/mol. The molecule has 180 valence electrons. The van der Waals surface area contributed by atoms with Crippen molar-refractivity contribution >= 4 is 46.8 Å². The molecule has 3 aromatic rings. The molecule has 0 aromatic heterocycles. The van der Waals surface area contributed by atoms with Crippen LogP contribution in [-0.2, 0) is 16.0 Å². The Kier molecular flexibility index (Phi) is 6.17. The van der Waals surface area contributed by atoms with Gasteiger partial charge in [-0.3, -0.25) is 4.79 Å². The van der Waals surface area contributed by atoms with E-state index in [-0.39, 0.29) is 25.1 Å². The van der Waals surface area contributed by atoms with Crippen molar-refractivity contribution in [3.63, 3.8) is 0 Å². The van der Waals surface area contributed by atoms with Gasteiger partial charge in [0.05, 0.1) is 29.4 Å². The van der Waals surface area contributed by atoms with Crippen molar-refractivity contribution < 1.29 is 19.1 Å². The number of amides is 3. The molecule has 0 N–H and O–H groups in total. The van der Waals surface area contributed by atoms with Crippen molar-refractivity contribution in [1.82, 2.24) is 4.90 Å². The molecule has 5 rings (SSSR count). The number of urea groups is 1. The number of nitriles is 1. The summed E-state index contributed by atoms with van der Waals surface area (Å²) in [6.45, 7) is 0.0597. The van der Waals surface area contributed by atoms with Crippen LogP contribution in [0.15, 0.2) is 72.8 Å². The van der Waals surface area contributed by atoms with Gasteiger partial charge in [-0.15, -0.1) is 0 Å². The minimum absolute atomic E-state index is 0.0597. The Morgan fingerprint density at radius 3 is 2.33 bits per heavy atom. The Labute approximate surface area is 217 Å². The van der Waals surface area contributed by atoms with Gasteiger partial charge in [0.1, 0.15) is 11.6 Å². The summed E-state index contributed by atoms with van der Waals surface area (Å²) in [5.74, 6) is -0.970. The zero-order valence-corrected chi connectivity index (χ0v) is 20.4. The van der Waals surface area contributed by atoms with Crippen LogP contribution in [0.5, 0.6) is 0 Å². The third-order valence-corrected chi connectivity index (χ3v) is 6.90. The molecule has 2 aliphatic heterocycles. The van der Waals surface area contributed by atoms with E-state index in [0.29, 0.717) is 21.2 Å². The van der Waals surface area contributed by atoms with E-state index in [0.717, 1.165) is 10.5 Å². The number of hydrogen-bond donors (Lipinski definition) is 0. The van der Waals surface area contributed by atoms with Crippen molar-refractivity contribution in [2.45, 2.75) is 24.5 Å². The van der Waals surface area contributed by atoms with Crippen molar-refractivity contribution in [3.8, 4) is 6.07 Å². The molecule has 2 saturated heterocycles. The van der Waals surface area contributed by atoms with E-state index in [1.54, 1.807) is 54.6 Å². The first kappa shape index (κ1) is 23.9. The maximum Gasteiger partial charge on any atom is 0.338 e. The lowest BCUT2D eigenvalue weighted by Crippen LogP contribution is -2.47. The molecule has 2 unspecified atom stereocenters. The number of carbonyl (C=O) groups is 3. The van der Waals surface area contributed by atoms with Crippen LogP contribution in [0.1, 0.15) is 27.9 Å². The molecule has 2 heterocycles. The number of fused-ring (bicyclic) bond motifs is 1. The Bertz CT molecular complexity index is 1380. The first-order chi connectivity index (χ1) is 17.3. The molecule has 7 nitrogen and oxygen atoms in total. The number of halogens is 2. The summed E-state index contributed by atoms with van der Waals surface area (Å²) < 4.78 is 5.72. The van der Waals surface area contributed by atoms with Gasteiger partial charge in [-0.05, 0) is 48.0 Å². The molecule has 3 aromatic carbocycles.